The first-order chi connectivity index (χ1) is 9.92. The zero-order valence-electron chi connectivity index (χ0n) is 11.9. The van der Waals surface area contributed by atoms with Gasteiger partial charge in [-0.3, -0.25) is 4.79 Å². The molecule has 1 saturated heterocycles. The molecular formula is C11H16F3N3O4S. The number of hydrogen-bond acceptors (Lipinski definition) is 4. The number of carbonyl (C=O) groups is 1. The Hall–Kier alpha value is -1.38. The van der Waals surface area contributed by atoms with E-state index in [1.807, 2.05) is 0 Å². The van der Waals surface area contributed by atoms with Crippen LogP contribution in [0.4, 0.5) is 13.2 Å². The van der Waals surface area contributed by atoms with Crippen molar-refractivity contribution in [3.05, 3.63) is 0 Å². The lowest BCUT2D eigenvalue weighted by Crippen LogP contribution is -2.45. The van der Waals surface area contributed by atoms with E-state index in [1.165, 1.54) is 6.92 Å². The standard InChI is InChI=1S/C11H16F3N3O4S/c1-7(3-4-15)16(2)22(20,21)17-5-8(10(18)19)9(6-17)11(12,13)14/h7-9H,3,5-6H2,1-2H3,(H,18,19)/t7?,8-,9-/m1/s1. The Balaban J connectivity index is 3.04. The van der Waals surface area contributed by atoms with Crippen LogP contribution in [0.2, 0.25) is 0 Å². The van der Waals surface area contributed by atoms with E-state index >= 15 is 0 Å². The Bertz CT molecular complexity index is 572. The van der Waals surface area contributed by atoms with E-state index < -0.39 is 53.3 Å². The van der Waals surface area contributed by atoms with Crippen molar-refractivity contribution in [3.8, 4) is 6.07 Å². The van der Waals surface area contributed by atoms with Crippen LogP contribution < -0.4 is 0 Å². The summed E-state index contributed by atoms with van der Waals surface area (Å²) in [7, 11) is -3.12. The molecule has 1 aliphatic heterocycles. The number of carboxylic acid groups (broad SMARTS) is 1. The third-order valence-electron chi connectivity index (χ3n) is 3.72. The van der Waals surface area contributed by atoms with Crippen LogP contribution in [0.25, 0.3) is 0 Å². The van der Waals surface area contributed by atoms with E-state index in [0.717, 1.165) is 11.4 Å². The highest BCUT2D eigenvalue weighted by Gasteiger charge is 2.55. The van der Waals surface area contributed by atoms with Crippen molar-refractivity contribution in [3.63, 3.8) is 0 Å². The minimum absolute atomic E-state index is 0.130. The SMILES string of the molecule is CC(CC#N)N(C)S(=O)(=O)N1C[C@@H](C(F)(F)F)[C@H](C(=O)O)C1. The zero-order chi connectivity index (χ0) is 17.3. The Morgan fingerprint density at radius 3 is 2.41 bits per heavy atom. The average Bonchev–Trinajstić information content (AvgIpc) is 2.83. The predicted octanol–water partition coefficient (Wildman–Crippen LogP) is 0.660. The van der Waals surface area contributed by atoms with E-state index in [2.05, 4.69) is 0 Å². The molecule has 0 aromatic carbocycles. The number of nitrogens with zero attached hydrogens (tertiary/aromatic N) is 3. The van der Waals surface area contributed by atoms with Gasteiger partial charge in [0, 0.05) is 26.2 Å². The number of rotatable bonds is 5. The van der Waals surface area contributed by atoms with Crippen molar-refractivity contribution in [2.45, 2.75) is 25.6 Å². The molecule has 0 aromatic rings. The van der Waals surface area contributed by atoms with Gasteiger partial charge in [-0.25, -0.2) is 0 Å². The second-order valence-corrected chi connectivity index (χ2v) is 7.13. The molecular weight excluding hydrogens is 327 g/mol. The Kier molecular flexibility index (Phi) is 5.42. The van der Waals surface area contributed by atoms with E-state index in [9.17, 15) is 26.4 Å². The molecule has 1 heterocycles. The summed E-state index contributed by atoms with van der Waals surface area (Å²) in [5.41, 5.74) is 0. The van der Waals surface area contributed by atoms with Crippen LogP contribution in [0.3, 0.4) is 0 Å². The van der Waals surface area contributed by atoms with Crippen LogP contribution >= 0.6 is 0 Å². The molecule has 0 saturated carbocycles. The zero-order valence-corrected chi connectivity index (χ0v) is 12.7. The summed E-state index contributed by atoms with van der Waals surface area (Å²) in [5.74, 6) is -5.78. The molecule has 22 heavy (non-hydrogen) atoms. The van der Waals surface area contributed by atoms with Gasteiger partial charge in [-0.1, -0.05) is 0 Å². The van der Waals surface area contributed by atoms with Crippen LogP contribution in [-0.2, 0) is 15.0 Å². The summed E-state index contributed by atoms with van der Waals surface area (Å²) >= 11 is 0. The van der Waals surface area contributed by atoms with Gasteiger partial charge in [0.2, 0.25) is 0 Å². The normalized spacial score (nSPS) is 25.1. The lowest BCUT2D eigenvalue weighted by atomic mass is 9.96. The first-order valence-corrected chi connectivity index (χ1v) is 7.72. The van der Waals surface area contributed by atoms with Gasteiger partial charge in [0.1, 0.15) is 0 Å². The lowest BCUT2D eigenvalue weighted by Gasteiger charge is -2.27. The van der Waals surface area contributed by atoms with Gasteiger partial charge in [-0.2, -0.15) is 35.5 Å². The highest BCUT2D eigenvalue weighted by molar-refractivity contribution is 7.86. The van der Waals surface area contributed by atoms with Gasteiger partial charge in [0.25, 0.3) is 10.2 Å². The van der Waals surface area contributed by atoms with Crippen molar-refractivity contribution in [2.75, 3.05) is 20.1 Å². The van der Waals surface area contributed by atoms with Crippen molar-refractivity contribution >= 4 is 16.2 Å². The number of alkyl halides is 3. The summed E-state index contributed by atoms with van der Waals surface area (Å²) in [6, 6.07) is 1.04. The van der Waals surface area contributed by atoms with Gasteiger partial charge in [0.15, 0.2) is 0 Å². The molecule has 0 radical (unpaired) electrons. The quantitative estimate of drug-likeness (QED) is 0.790. The fourth-order valence-corrected chi connectivity index (χ4v) is 3.80. The van der Waals surface area contributed by atoms with Crippen molar-refractivity contribution in [1.29, 1.82) is 5.26 Å². The van der Waals surface area contributed by atoms with Crippen molar-refractivity contribution < 1.29 is 31.5 Å². The van der Waals surface area contributed by atoms with Crippen LogP contribution in [0, 0.1) is 23.2 Å². The topological polar surface area (TPSA) is 102 Å². The van der Waals surface area contributed by atoms with E-state index in [-0.39, 0.29) is 6.42 Å². The van der Waals surface area contributed by atoms with Gasteiger partial charge in [0.05, 0.1) is 24.3 Å². The highest BCUT2D eigenvalue weighted by atomic mass is 32.2. The fourth-order valence-electron chi connectivity index (χ4n) is 2.21. The first kappa shape index (κ1) is 18.7. The van der Waals surface area contributed by atoms with Crippen LogP contribution in [0.1, 0.15) is 13.3 Å². The summed E-state index contributed by atoms with van der Waals surface area (Å²) in [6.45, 7) is -0.245. The lowest BCUT2D eigenvalue weighted by molar-refractivity contribution is -0.187. The third-order valence-corrected chi connectivity index (χ3v) is 5.76. The van der Waals surface area contributed by atoms with Gasteiger partial charge in [-0.15, -0.1) is 0 Å². The second-order valence-electron chi connectivity index (χ2n) is 5.15. The predicted molar refractivity (Wildman–Crippen MR) is 68.6 cm³/mol. The molecule has 0 aliphatic carbocycles. The molecule has 1 fully saturated rings. The highest BCUT2D eigenvalue weighted by Crippen LogP contribution is 2.39. The molecule has 0 spiro atoms. The van der Waals surface area contributed by atoms with Gasteiger partial charge < -0.3 is 5.11 Å². The fraction of sp³-hybridized carbons (Fsp3) is 0.818. The maximum Gasteiger partial charge on any atom is 0.393 e. The smallest absolute Gasteiger partial charge is 0.393 e. The molecule has 1 N–H and O–H groups in total. The average molecular weight is 343 g/mol. The van der Waals surface area contributed by atoms with Crippen LogP contribution in [-0.4, -0.2) is 60.5 Å². The Morgan fingerprint density at radius 1 is 1.50 bits per heavy atom. The Morgan fingerprint density at radius 2 is 2.05 bits per heavy atom. The van der Waals surface area contributed by atoms with Crippen LogP contribution in [0.5, 0.6) is 0 Å². The molecule has 0 amide bonds. The van der Waals surface area contributed by atoms with E-state index in [1.54, 1.807) is 6.07 Å². The monoisotopic (exact) mass is 343 g/mol. The van der Waals surface area contributed by atoms with Gasteiger partial charge in [-0.05, 0) is 6.92 Å². The number of hydrogen-bond donors (Lipinski definition) is 1. The molecule has 1 rings (SSSR count). The minimum atomic E-state index is -4.80. The number of nitriles is 1. The number of halogens is 3. The maximum absolute atomic E-state index is 12.9. The summed E-state index contributed by atoms with van der Waals surface area (Å²) in [5, 5.41) is 17.5. The Labute approximate surface area is 126 Å². The molecule has 0 bridgehead atoms. The maximum atomic E-state index is 12.9. The molecule has 0 aromatic heterocycles. The summed E-state index contributed by atoms with van der Waals surface area (Å²) in [6.07, 6.45) is -4.93. The largest absolute Gasteiger partial charge is 0.481 e. The molecule has 126 valence electrons. The first-order valence-electron chi connectivity index (χ1n) is 6.32. The number of carboxylic acids is 1. The van der Waals surface area contributed by atoms with E-state index in [4.69, 9.17) is 10.4 Å². The second kappa shape index (κ2) is 6.39. The van der Waals surface area contributed by atoms with Crippen molar-refractivity contribution in [2.24, 2.45) is 11.8 Å². The molecule has 7 nitrogen and oxygen atoms in total. The van der Waals surface area contributed by atoms with E-state index in [0.29, 0.717) is 4.31 Å². The van der Waals surface area contributed by atoms with Crippen LogP contribution in [0.15, 0.2) is 0 Å². The molecule has 1 aliphatic rings. The summed E-state index contributed by atoms with van der Waals surface area (Å²) in [4.78, 5) is 11.0. The molecule has 1 unspecified atom stereocenters. The number of aliphatic carboxylic acids is 1. The van der Waals surface area contributed by atoms with Gasteiger partial charge >= 0.3 is 12.1 Å². The summed E-state index contributed by atoms with van der Waals surface area (Å²) < 4.78 is 64.5. The molecule has 3 atom stereocenters. The van der Waals surface area contributed by atoms with Crippen molar-refractivity contribution in [1.82, 2.24) is 8.61 Å². The third kappa shape index (κ3) is 3.68. The molecule has 11 heteroatoms. The minimum Gasteiger partial charge on any atom is -0.481 e.